The zero-order valence-corrected chi connectivity index (χ0v) is 12.7. The molecular weight excluding hydrogens is 284 g/mol. The molecule has 0 atom stereocenters. The van der Waals surface area contributed by atoms with Crippen molar-refractivity contribution in [2.45, 2.75) is 12.8 Å². The van der Waals surface area contributed by atoms with E-state index in [1.54, 1.807) is 13.3 Å². The molecule has 2 aromatic rings. The number of Topliss-reactive ketones (excluding diaryl/α,β-unsaturated/α-hetero) is 1. The maximum Gasteiger partial charge on any atom is 0.157 e. The van der Waals surface area contributed by atoms with Gasteiger partial charge in [-0.25, -0.2) is 4.98 Å². The summed E-state index contributed by atoms with van der Waals surface area (Å²) in [7, 11) is 1.60. The normalized spacial score (nSPS) is 15.4. The van der Waals surface area contributed by atoms with E-state index in [-0.39, 0.29) is 5.78 Å². The van der Waals surface area contributed by atoms with Gasteiger partial charge in [-0.15, -0.1) is 0 Å². The topological polar surface area (TPSA) is 69.0 Å². The van der Waals surface area contributed by atoms with Crippen molar-refractivity contribution in [1.29, 1.82) is 0 Å². The van der Waals surface area contributed by atoms with Crippen molar-refractivity contribution in [1.82, 2.24) is 14.6 Å². The molecule has 0 unspecified atom stereocenters. The number of ketones is 1. The molecule has 0 N–H and O–H groups in total. The Morgan fingerprint density at radius 1 is 1.41 bits per heavy atom. The smallest absolute Gasteiger partial charge is 0.157 e. The number of rotatable bonds is 6. The Balaban J connectivity index is 1.86. The van der Waals surface area contributed by atoms with Gasteiger partial charge in [0.15, 0.2) is 5.65 Å². The molecule has 1 aliphatic heterocycles. The summed E-state index contributed by atoms with van der Waals surface area (Å²) < 4.78 is 12.2. The molecule has 0 radical (unpaired) electrons. The van der Waals surface area contributed by atoms with Gasteiger partial charge in [-0.1, -0.05) is 0 Å². The third-order valence-electron chi connectivity index (χ3n) is 3.69. The predicted molar refractivity (Wildman–Crippen MR) is 81.2 cm³/mol. The van der Waals surface area contributed by atoms with E-state index in [0.29, 0.717) is 32.7 Å². The van der Waals surface area contributed by atoms with Gasteiger partial charge in [0.2, 0.25) is 0 Å². The third-order valence-corrected chi connectivity index (χ3v) is 3.69. The zero-order chi connectivity index (χ0) is 15.4. The van der Waals surface area contributed by atoms with Crippen molar-refractivity contribution in [3.63, 3.8) is 0 Å². The highest BCUT2D eigenvalue weighted by Gasteiger charge is 2.17. The van der Waals surface area contributed by atoms with E-state index in [1.165, 1.54) is 0 Å². The Morgan fingerprint density at radius 3 is 3.00 bits per heavy atom. The van der Waals surface area contributed by atoms with E-state index in [0.717, 1.165) is 30.2 Å². The standard InChI is InChI=1S/C15H20N4O3/c1-21-7-3-13(20)10-12-11-15(18-5-8-22-9-6-18)19-14(17-12)2-4-16-19/h2,4,11H,3,5-10H2,1H3. The van der Waals surface area contributed by atoms with Crippen LogP contribution in [0.3, 0.4) is 0 Å². The molecule has 0 aliphatic carbocycles. The lowest BCUT2D eigenvalue weighted by Crippen LogP contribution is -2.37. The average molecular weight is 304 g/mol. The largest absolute Gasteiger partial charge is 0.384 e. The summed E-state index contributed by atoms with van der Waals surface area (Å²) in [6, 6.07) is 3.81. The number of aromatic nitrogens is 3. The van der Waals surface area contributed by atoms with Crippen LogP contribution in [0.4, 0.5) is 5.82 Å². The Morgan fingerprint density at radius 2 is 2.23 bits per heavy atom. The lowest BCUT2D eigenvalue weighted by molar-refractivity contribution is -0.119. The van der Waals surface area contributed by atoms with Crippen LogP contribution in [0.1, 0.15) is 12.1 Å². The maximum absolute atomic E-state index is 12.0. The van der Waals surface area contributed by atoms with Gasteiger partial charge in [0.1, 0.15) is 11.6 Å². The van der Waals surface area contributed by atoms with Gasteiger partial charge in [-0.05, 0) is 0 Å². The lowest BCUT2D eigenvalue weighted by atomic mass is 10.1. The quantitative estimate of drug-likeness (QED) is 0.783. The average Bonchev–Trinajstić information content (AvgIpc) is 3.01. The van der Waals surface area contributed by atoms with E-state index < -0.39 is 0 Å². The number of methoxy groups -OCH3 is 1. The summed E-state index contributed by atoms with van der Waals surface area (Å²) in [6.07, 6.45) is 2.46. The first kappa shape index (κ1) is 14.9. The molecular formula is C15H20N4O3. The van der Waals surface area contributed by atoms with E-state index in [2.05, 4.69) is 15.0 Å². The number of fused-ring (bicyclic) bond motifs is 1. The molecule has 0 aromatic carbocycles. The number of anilines is 1. The predicted octanol–water partition coefficient (Wildman–Crippen LogP) is 0.714. The van der Waals surface area contributed by atoms with Crippen LogP contribution in [0.15, 0.2) is 18.3 Å². The highest BCUT2D eigenvalue weighted by molar-refractivity contribution is 5.81. The van der Waals surface area contributed by atoms with Gasteiger partial charge in [0.05, 0.1) is 31.7 Å². The number of carbonyl (C=O) groups is 1. The van der Waals surface area contributed by atoms with Crippen molar-refractivity contribution in [2.75, 3.05) is 44.9 Å². The number of ether oxygens (including phenoxy) is 2. The summed E-state index contributed by atoms with van der Waals surface area (Å²) in [5, 5.41) is 4.33. The van der Waals surface area contributed by atoms with E-state index in [4.69, 9.17) is 9.47 Å². The second-order valence-corrected chi connectivity index (χ2v) is 5.26. The van der Waals surface area contributed by atoms with Crippen molar-refractivity contribution >= 4 is 17.2 Å². The lowest BCUT2D eigenvalue weighted by Gasteiger charge is -2.29. The van der Waals surface area contributed by atoms with Crippen molar-refractivity contribution in [2.24, 2.45) is 0 Å². The van der Waals surface area contributed by atoms with E-state index >= 15 is 0 Å². The van der Waals surface area contributed by atoms with Crippen LogP contribution in [0, 0.1) is 0 Å². The summed E-state index contributed by atoms with van der Waals surface area (Å²) in [5.41, 5.74) is 1.54. The minimum Gasteiger partial charge on any atom is -0.384 e. The molecule has 2 aromatic heterocycles. The fourth-order valence-electron chi connectivity index (χ4n) is 2.56. The first-order chi connectivity index (χ1) is 10.8. The number of nitrogens with zero attached hydrogens (tertiary/aromatic N) is 4. The molecule has 0 bridgehead atoms. The molecule has 1 aliphatic rings. The maximum atomic E-state index is 12.0. The van der Waals surface area contributed by atoms with Crippen molar-refractivity contribution < 1.29 is 14.3 Å². The molecule has 1 fully saturated rings. The third kappa shape index (κ3) is 3.26. The van der Waals surface area contributed by atoms with Gasteiger partial charge in [-0.2, -0.15) is 9.61 Å². The number of hydrogen-bond acceptors (Lipinski definition) is 6. The summed E-state index contributed by atoms with van der Waals surface area (Å²) in [4.78, 5) is 18.7. The minimum absolute atomic E-state index is 0.131. The Bertz CT molecular complexity index is 649. The SMILES string of the molecule is COCCC(=O)Cc1cc(N2CCOCC2)n2nccc2n1. The molecule has 7 nitrogen and oxygen atoms in total. The van der Waals surface area contributed by atoms with Crippen LogP contribution >= 0.6 is 0 Å². The van der Waals surface area contributed by atoms with Gasteiger partial charge >= 0.3 is 0 Å². The van der Waals surface area contributed by atoms with Crippen LogP contribution in [0.2, 0.25) is 0 Å². The fraction of sp³-hybridized carbons (Fsp3) is 0.533. The first-order valence-corrected chi connectivity index (χ1v) is 7.45. The van der Waals surface area contributed by atoms with Crippen LogP contribution in [-0.4, -0.2) is 60.4 Å². The van der Waals surface area contributed by atoms with Crippen molar-refractivity contribution in [3.8, 4) is 0 Å². The van der Waals surface area contributed by atoms with Gasteiger partial charge in [0.25, 0.3) is 0 Å². The Hall–Kier alpha value is -1.99. The number of morpholine rings is 1. The van der Waals surface area contributed by atoms with Crippen molar-refractivity contribution in [3.05, 3.63) is 24.0 Å². The molecule has 3 heterocycles. The summed E-state index contributed by atoms with van der Waals surface area (Å²) in [6.45, 7) is 3.48. The van der Waals surface area contributed by atoms with Crippen LogP contribution in [0.25, 0.3) is 5.65 Å². The zero-order valence-electron chi connectivity index (χ0n) is 12.7. The van der Waals surface area contributed by atoms with Crippen LogP contribution < -0.4 is 4.90 Å². The second-order valence-electron chi connectivity index (χ2n) is 5.26. The molecule has 0 saturated carbocycles. The summed E-state index contributed by atoms with van der Waals surface area (Å²) >= 11 is 0. The molecule has 118 valence electrons. The molecule has 1 saturated heterocycles. The van der Waals surface area contributed by atoms with Gasteiger partial charge in [-0.3, -0.25) is 4.79 Å². The van der Waals surface area contributed by atoms with Crippen LogP contribution in [-0.2, 0) is 20.7 Å². The highest BCUT2D eigenvalue weighted by Crippen LogP contribution is 2.19. The molecule has 0 amide bonds. The van der Waals surface area contributed by atoms with Crippen LogP contribution in [0.5, 0.6) is 0 Å². The second kappa shape index (κ2) is 6.85. The molecule has 22 heavy (non-hydrogen) atoms. The monoisotopic (exact) mass is 304 g/mol. The van der Waals surface area contributed by atoms with E-state index in [1.807, 2.05) is 16.6 Å². The number of carbonyl (C=O) groups excluding carboxylic acids is 1. The Labute approximate surface area is 128 Å². The van der Waals surface area contributed by atoms with Gasteiger partial charge < -0.3 is 14.4 Å². The molecule has 0 spiro atoms. The fourth-order valence-corrected chi connectivity index (χ4v) is 2.56. The molecule has 3 rings (SSSR count). The summed E-state index contributed by atoms with van der Waals surface area (Å²) in [5.74, 6) is 1.10. The van der Waals surface area contributed by atoms with Gasteiger partial charge in [0, 0.05) is 45.2 Å². The highest BCUT2D eigenvalue weighted by atomic mass is 16.5. The first-order valence-electron chi connectivity index (χ1n) is 7.45. The van der Waals surface area contributed by atoms with E-state index in [9.17, 15) is 4.79 Å². The Kier molecular flexibility index (Phi) is 4.65. The number of hydrogen-bond donors (Lipinski definition) is 0. The minimum atomic E-state index is 0.131. The molecule has 7 heteroatoms.